The molecule has 3 aromatic rings. The summed E-state index contributed by atoms with van der Waals surface area (Å²) in [7, 11) is 0. The summed E-state index contributed by atoms with van der Waals surface area (Å²) in [6.07, 6.45) is 2.53. The summed E-state index contributed by atoms with van der Waals surface area (Å²) >= 11 is 5.92. The van der Waals surface area contributed by atoms with Gasteiger partial charge in [0.1, 0.15) is 17.6 Å². The Morgan fingerprint density at radius 1 is 1.25 bits per heavy atom. The van der Waals surface area contributed by atoms with Gasteiger partial charge in [0.05, 0.1) is 23.8 Å². The molecule has 28 heavy (non-hydrogen) atoms. The number of halogens is 1. The molecule has 0 saturated carbocycles. The van der Waals surface area contributed by atoms with Crippen LogP contribution in [-0.4, -0.2) is 18.7 Å². The van der Waals surface area contributed by atoms with Gasteiger partial charge in [0.25, 0.3) is 5.91 Å². The summed E-state index contributed by atoms with van der Waals surface area (Å²) < 4.78 is 11.0. The Hall–Kier alpha value is -3.12. The van der Waals surface area contributed by atoms with Crippen molar-refractivity contribution in [2.75, 3.05) is 6.61 Å². The Morgan fingerprint density at radius 2 is 2.00 bits per heavy atom. The molecule has 1 amide bonds. The summed E-state index contributed by atoms with van der Waals surface area (Å²) in [4.78, 5) is 24.6. The van der Waals surface area contributed by atoms with Crippen LogP contribution in [-0.2, 0) is 0 Å². The highest BCUT2D eigenvalue weighted by Crippen LogP contribution is 2.17. The normalized spacial score (nSPS) is 11.3. The molecule has 6 nitrogen and oxygen atoms in total. The van der Waals surface area contributed by atoms with Crippen LogP contribution >= 0.6 is 11.6 Å². The number of ether oxygens (including phenoxy) is 1. The van der Waals surface area contributed by atoms with E-state index >= 15 is 0 Å². The van der Waals surface area contributed by atoms with Gasteiger partial charge in [-0.1, -0.05) is 25.4 Å². The van der Waals surface area contributed by atoms with E-state index in [9.17, 15) is 9.59 Å². The predicted molar refractivity (Wildman–Crippen MR) is 109 cm³/mol. The Balaban J connectivity index is 1.67. The molecule has 0 aliphatic carbocycles. The van der Waals surface area contributed by atoms with Gasteiger partial charge in [-0.25, -0.2) is 5.43 Å². The molecule has 0 unspecified atom stereocenters. The minimum absolute atomic E-state index is 0.201. The van der Waals surface area contributed by atoms with Gasteiger partial charge in [0.15, 0.2) is 0 Å². The van der Waals surface area contributed by atoms with E-state index in [4.69, 9.17) is 20.8 Å². The smallest absolute Gasteiger partial charge is 0.271 e. The lowest BCUT2D eigenvalue weighted by atomic mass is 10.2. The van der Waals surface area contributed by atoms with Crippen molar-refractivity contribution < 1.29 is 13.9 Å². The molecule has 3 rings (SSSR count). The maximum Gasteiger partial charge on any atom is 0.271 e. The predicted octanol–water partition coefficient (Wildman–Crippen LogP) is 4.25. The fourth-order valence-electron chi connectivity index (χ4n) is 2.40. The zero-order valence-corrected chi connectivity index (χ0v) is 16.2. The first-order valence-corrected chi connectivity index (χ1v) is 9.09. The first-order chi connectivity index (χ1) is 13.4. The number of hydrogen-bond donors (Lipinski definition) is 1. The lowest BCUT2D eigenvalue weighted by Crippen LogP contribution is -2.18. The van der Waals surface area contributed by atoms with E-state index in [2.05, 4.69) is 24.4 Å². The van der Waals surface area contributed by atoms with Crippen molar-refractivity contribution in [2.24, 2.45) is 11.0 Å². The number of rotatable bonds is 6. The molecule has 2 aromatic carbocycles. The number of hydrogen-bond acceptors (Lipinski definition) is 5. The molecule has 0 aliphatic rings. The number of nitrogens with zero attached hydrogens (tertiary/aromatic N) is 1. The van der Waals surface area contributed by atoms with E-state index < -0.39 is 5.91 Å². The highest BCUT2D eigenvalue weighted by molar-refractivity contribution is 6.31. The summed E-state index contributed by atoms with van der Waals surface area (Å²) in [5, 5.41) is 4.62. The molecule has 1 heterocycles. The second kappa shape index (κ2) is 8.71. The van der Waals surface area contributed by atoms with Gasteiger partial charge < -0.3 is 9.15 Å². The first kappa shape index (κ1) is 19.6. The molecule has 7 heteroatoms. The molecule has 144 valence electrons. The average Bonchev–Trinajstić information content (AvgIpc) is 2.69. The van der Waals surface area contributed by atoms with Crippen LogP contribution in [0.15, 0.2) is 63.0 Å². The molecule has 0 spiro atoms. The van der Waals surface area contributed by atoms with Crippen LogP contribution in [0.3, 0.4) is 0 Å². The Bertz CT molecular complexity index is 1070. The van der Waals surface area contributed by atoms with Crippen molar-refractivity contribution in [2.45, 2.75) is 13.8 Å². The maximum atomic E-state index is 12.4. The highest BCUT2D eigenvalue weighted by atomic mass is 35.5. The first-order valence-electron chi connectivity index (χ1n) is 8.71. The maximum absolute atomic E-state index is 12.4. The van der Waals surface area contributed by atoms with E-state index in [-0.39, 0.29) is 11.0 Å². The van der Waals surface area contributed by atoms with Crippen molar-refractivity contribution in [3.05, 3.63) is 75.1 Å². The van der Waals surface area contributed by atoms with Gasteiger partial charge >= 0.3 is 0 Å². The lowest BCUT2D eigenvalue weighted by molar-refractivity contribution is 0.0955. The SMILES string of the molecule is CC(C)COc1ccc(C(=O)NN=Cc2coc3ccc(Cl)cc3c2=O)cc1. The fraction of sp³-hybridized carbons (Fsp3) is 0.190. The number of carbonyl (C=O) groups excluding carboxylic acids is 1. The zero-order valence-electron chi connectivity index (χ0n) is 15.4. The van der Waals surface area contributed by atoms with E-state index in [1.807, 2.05) is 0 Å². The number of fused-ring (bicyclic) bond motifs is 1. The third kappa shape index (κ3) is 4.78. The summed E-state index contributed by atoms with van der Waals surface area (Å²) in [6.45, 7) is 4.73. The molecule has 0 aliphatic heterocycles. The highest BCUT2D eigenvalue weighted by Gasteiger charge is 2.07. The van der Waals surface area contributed by atoms with Crippen molar-refractivity contribution >= 4 is 34.7 Å². The number of benzene rings is 2. The number of nitrogens with one attached hydrogen (secondary N) is 1. The Kier molecular flexibility index (Phi) is 6.11. The largest absolute Gasteiger partial charge is 0.493 e. The molecule has 1 aromatic heterocycles. The second-order valence-corrected chi connectivity index (χ2v) is 7.03. The van der Waals surface area contributed by atoms with Crippen molar-refractivity contribution in [3.63, 3.8) is 0 Å². The number of hydrazone groups is 1. The van der Waals surface area contributed by atoms with Crippen molar-refractivity contribution in [1.29, 1.82) is 0 Å². The van der Waals surface area contributed by atoms with Crippen LogP contribution in [0.2, 0.25) is 5.02 Å². The minimum atomic E-state index is -0.403. The Morgan fingerprint density at radius 3 is 2.71 bits per heavy atom. The topological polar surface area (TPSA) is 80.9 Å². The Labute approximate surface area is 166 Å². The summed E-state index contributed by atoms with van der Waals surface area (Å²) in [5.41, 5.74) is 3.15. The quantitative estimate of drug-likeness (QED) is 0.497. The van der Waals surface area contributed by atoms with Gasteiger partial charge in [-0.2, -0.15) is 5.10 Å². The van der Waals surface area contributed by atoms with Gasteiger partial charge in [-0.05, 0) is 48.4 Å². The van der Waals surface area contributed by atoms with Crippen LogP contribution < -0.4 is 15.6 Å². The minimum Gasteiger partial charge on any atom is -0.493 e. The van der Waals surface area contributed by atoms with Gasteiger partial charge in [-0.15, -0.1) is 0 Å². The van der Waals surface area contributed by atoms with Crippen LogP contribution in [0.4, 0.5) is 0 Å². The average molecular weight is 399 g/mol. The monoisotopic (exact) mass is 398 g/mol. The summed E-state index contributed by atoms with van der Waals surface area (Å²) in [5.74, 6) is 0.710. The number of amides is 1. The van der Waals surface area contributed by atoms with Gasteiger partial charge in [0, 0.05) is 10.6 Å². The lowest BCUT2D eigenvalue weighted by Gasteiger charge is -2.08. The standard InChI is InChI=1S/C21H19ClN2O4/c1-13(2)11-27-17-6-3-14(4-7-17)21(26)24-23-10-15-12-28-19-8-5-16(22)9-18(19)20(15)25/h3-10,12-13H,11H2,1-2H3,(H,24,26). The molecular formula is C21H19ClN2O4. The van der Waals surface area contributed by atoms with E-state index in [0.717, 1.165) is 0 Å². The molecule has 0 fully saturated rings. The molecular weight excluding hydrogens is 380 g/mol. The molecule has 0 bridgehead atoms. The van der Waals surface area contributed by atoms with Crippen molar-refractivity contribution in [1.82, 2.24) is 5.43 Å². The fourth-order valence-corrected chi connectivity index (χ4v) is 2.57. The molecule has 0 radical (unpaired) electrons. The second-order valence-electron chi connectivity index (χ2n) is 6.59. The van der Waals surface area contributed by atoms with Crippen molar-refractivity contribution in [3.8, 4) is 5.75 Å². The van der Waals surface area contributed by atoms with Gasteiger partial charge in [-0.3, -0.25) is 9.59 Å². The molecule has 1 N–H and O–H groups in total. The van der Waals surface area contributed by atoms with Crippen LogP contribution in [0.5, 0.6) is 5.75 Å². The third-order valence-electron chi connectivity index (χ3n) is 3.83. The van der Waals surface area contributed by atoms with Crippen LogP contribution in [0, 0.1) is 5.92 Å². The van der Waals surface area contributed by atoms with Crippen LogP contribution in [0.25, 0.3) is 11.0 Å². The summed E-state index contributed by atoms with van der Waals surface area (Å²) in [6, 6.07) is 11.5. The zero-order chi connectivity index (χ0) is 20.1. The van der Waals surface area contributed by atoms with E-state index in [1.165, 1.54) is 18.5 Å². The number of carbonyl (C=O) groups is 1. The van der Waals surface area contributed by atoms with Crippen LogP contribution in [0.1, 0.15) is 29.8 Å². The molecule has 0 saturated heterocycles. The third-order valence-corrected chi connectivity index (χ3v) is 4.07. The van der Waals surface area contributed by atoms with Gasteiger partial charge in [0.2, 0.25) is 5.43 Å². The molecule has 0 atom stereocenters. The van der Waals surface area contributed by atoms with E-state index in [1.54, 1.807) is 36.4 Å². The van der Waals surface area contributed by atoms with E-state index in [0.29, 0.717) is 39.8 Å².